The zero-order chi connectivity index (χ0) is 70.6. The molecule has 16 aromatic carbocycles. The van der Waals surface area contributed by atoms with Gasteiger partial charge >= 0.3 is 0 Å². The monoisotopic (exact) mass is 1350 g/mol. The summed E-state index contributed by atoms with van der Waals surface area (Å²) < 4.78 is 4.94. The van der Waals surface area contributed by atoms with Crippen molar-refractivity contribution in [2.45, 2.75) is 26.2 Å². The molecule has 0 saturated carbocycles. The molecule has 0 bridgehead atoms. The number of benzene rings is 16. The van der Waals surface area contributed by atoms with Crippen LogP contribution in [-0.2, 0) is 5.41 Å². The van der Waals surface area contributed by atoms with E-state index in [1.54, 1.807) is 0 Å². The van der Waals surface area contributed by atoms with E-state index < -0.39 is 0 Å². The minimum Gasteiger partial charge on any atom is -0.310 e. The molecule has 0 amide bonds. The van der Waals surface area contributed by atoms with Crippen molar-refractivity contribution in [3.63, 3.8) is 0 Å². The van der Waals surface area contributed by atoms with E-state index in [0.29, 0.717) is 0 Å². The molecule has 0 radical (unpaired) electrons. The second kappa shape index (κ2) is 25.2. The standard InChI is InChI=1S/C100H72BN5/c1-100(2,3)73-62-85(70-37-16-7-17-38-70)99(86(63-73)71-39-18-8-19-40-71)105-93-61-72(67-31-10-4-11-32-67)53-59-87(93)101-88-60-58-77(102(74-41-20-9-21-42-74)75-54-56-76(57-55-75)103-89-49-26-22-43-81(89)82-44-23-27-50-90(82)103)64-94(88)106(98-79(68-33-12-5-13-34-68)47-30-48-80(98)69-35-14-6-15-36-69)96-66-78(65-95(105)97(96)101)104-91-51-28-24-45-83(91)84-46-25-29-52-92(84)104/h4-66H,1-3H3. The highest BCUT2D eigenvalue weighted by molar-refractivity contribution is 7.00. The summed E-state index contributed by atoms with van der Waals surface area (Å²) in [6, 6.07) is 143. The molecule has 0 fully saturated rings. The van der Waals surface area contributed by atoms with Crippen molar-refractivity contribution in [1.82, 2.24) is 9.13 Å². The molecule has 2 aliphatic heterocycles. The minimum atomic E-state index is -0.275. The van der Waals surface area contributed by atoms with Crippen molar-refractivity contribution >= 4 is 118 Å². The van der Waals surface area contributed by atoms with E-state index in [1.165, 1.54) is 54.5 Å². The topological polar surface area (TPSA) is 19.6 Å². The fraction of sp³-hybridized carbons (Fsp3) is 0.0400. The minimum absolute atomic E-state index is 0.203. The van der Waals surface area contributed by atoms with E-state index in [0.717, 1.165) is 129 Å². The molecule has 0 aliphatic carbocycles. The first kappa shape index (κ1) is 62.4. The highest BCUT2D eigenvalue weighted by Crippen LogP contribution is 2.56. The Morgan fingerprint density at radius 3 is 1.07 bits per heavy atom. The van der Waals surface area contributed by atoms with Gasteiger partial charge in [0, 0.05) is 89.3 Å². The van der Waals surface area contributed by atoms with Crippen LogP contribution >= 0.6 is 0 Å². The van der Waals surface area contributed by atoms with E-state index >= 15 is 0 Å². The fourth-order valence-corrected chi connectivity index (χ4v) is 17.2. The van der Waals surface area contributed by atoms with Gasteiger partial charge in [-0.15, -0.1) is 0 Å². The Bertz CT molecular complexity index is 6200. The van der Waals surface area contributed by atoms with Crippen LogP contribution in [0.15, 0.2) is 382 Å². The van der Waals surface area contributed by atoms with Crippen LogP contribution in [-0.4, -0.2) is 15.8 Å². The molecule has 0 spiro atoms. The molecule has 0 unspecified atom stereocenters. The quantitative estimate of drug-likeness (QED) is 0.114. The third kappa shape index (κ3) is 10.2. The lowest BCUT2D eigenvalue weighted by Crippen LogP contribution is -2.61. The number of aromatic nitrogens is 2. The van der Waals surface area contributed by atoms with E-state index in [1.807, 2.05) is 0 Å². The Morgan fingerprint density at radius 1 is 0.255 bits per heavy atom. The molecule has 0 atom stereocenters. The summed E-state index contributed by atoms with van der Waals surface area (Å²) >= 11 is 0. The highest BCUT2D eigenvalue weighted by atomic mass is 15.2. The first-order chi connectivity index (χ1) is 52.3. The lowest BCUT2D eigenvalue weighted by atomic mass is 9.33. The molecule has 2 aliphatic rings. The van der Waals surface area contributed by atoms with Crippen LogP contribution in [0, 0.1) is 0 Å². The number of rotatable bonds is 12. The van der Waals surface area contributed by atoms with Crippen LogP contribution in [0.5, 0.6) is 0 Å². The number of anilines is 9. The van der Waals surface area contributed by atoms with Gasteiger partial charge in [-0.25, -0.2) is 0 Å². The SMILES string of the molecule is CC(C)(C)c1cc(-c2ccccc2)c(N2c3cc(-c4ccccc4)ccc3B3c4ccc(N(c5ccccc5)c5ccc(-n6c7ccccc7c7ccccc76)cc5)cc4N(c4c(-c5ccccc5)cccc4-c4ccccc4)c4cc(-n5c6ccccc6c6ccccc65)cc2c43)c(-c2ccccc2)c1. The van der Waals surface area contributed by atoms with Gasteiger partial charge in [0.15, 0.2) is 0 Å². The van der Waals surface area contributed by atoms with Crippen LogP contribution < -0.4 is 31.1 Å². The molecule has 500 valence electrons. The Labute approximate surface area is 618 Å². The molecule has 4 heterocycles. The van der Waals surface area contributed by atoms with Crippen molar-refractivity contribution in [1.29, 1.82) is 0 Å². The second-order valence-electron chi connectivity index (χ2n) is 29.1. The molecular weight excluding hydrogens is 1280 g/mol. The van der Waals surface area contributed by atoms with Crippen molar-refractivity contribution in [3.8, 4) is 67.0 Å². The van der Waals surface area contributed by atoms with Gasteiger partial charge < -0.3 is 23.8 Å². The molecule has 6 heteroatoms. The molecule has 2 aromatic heterocycles. The molecule has 0 N–H and O–H groups in total. The van der Waals surface area contributed by atoms with Crippen molar-refractivity contribution < 1.29 is 0 Å². The van der Waals surface area contributed by atoms with Gasteiger partial charge in [-0.1, -0.05) is 300 Å². The maximum absolute atomic E-state index is 2.70. The van der Waals surface area contributed by atoms with Gasteiger partial charge in [-0.05, 0) is 164 Å². The largest absolute Gasteiger partial charge is 0.310 e. The predicted octanol–water partition coefficient (Wildman–Crippen LogP) is 25.1. The molecule has 5 nitrogen and oxygen atoms in total. The van der Waals surface area contributed by atoms with Crippen molar-refractivity contribution in [2.75, 3.05) is 14.7 Å². The van der Waals surface area contributed by atoms with Crippen LogP contribution in [0.25, 0.3) is 111 Å². The number of fused-ring (bicyclic) bond motifs is 10. The number of hydrogen-bond acceptors (Lipinski definition) is 3. The van der Waals surface area contributed by atoms with Crippen LogP contribution in [0.1, 0.15) is 26.3 Å². The van der Waals surface area contributed by atoms with Crippen molar-refractivity contribution in [3.05, 3.63) is 388 Å². The Morgan fingerprint density at radius 2 is 0.613 bits per heavy atom. The number of nitrogens with zero attached hydrogens (tertiary/aromatic N) is 5. The predicted molar refractivity (Wildman–Crippen MR) is 450 cm³/mol. The number of para-hydroxylation sites is 6. The normalized spacial score (nSPS) is 12.4. The molecule has 106 heavy (non-hydrogen) atoms. The first-order valence-corrected chi connectivity index (χ1v) is 36.8. The van der Waals surface area contributed by atoms with E-state index in [4.69, 9.17) is 0 Å². The van der Waals surface area contributed by atoms with Crippen LogP contribution in [0.4, 0.5) is 51.2 Å². The lowest BCUT2D eigenvalue weighted by molar-refractivity contribution is 0.591. The maximum atomic E-state index is 2.70. The number of hydrogen-bond donors (Lipinski definition) is 0. The summed E-state index contributed by atoms with van der Waals surface area (Å²) in [5.41, 5.74) is 32.5. The second-order valence-corrected chi connectivity index (χ2v) is 29.1. The van der Waals surface area contributed by atoms with E-state index in [9.17, 15) is 0 Å². The average molecular weight is 1350 g/mol. The summed E-state index contributed by atoms with van der Waals surface area (Å²) in [6.45, 7) is 6.77. The van der Waals surface area contributed by atoms with Gasteiger partial charge in [0.25, 0.3) is 6.71 Å². The van der Waals surface area contributed by atoms with E-state index in [-0.39, 0.29) is 12.1 Å². The highest BCUT2D eigenvalue weighted by Gasteiger charge is 2.46. The summed E-state index contributed by atoms with van der Waals surface area (Å²) in [5.74, 6) is 0. The Balaban J connectivity index is 0.938. The molecular formula is C100H72BN5. The third-order valence-electron chi connectivity index (χ3n) is 22.0. The summed E-state index contributed by atoms with van der Waals surface area (Å²) in [7, 11) is 0. The lowest BCUT2D eigenvalue weighted by Gasteiger charge is -2.46. The average Bonchev–Trinajstić information content (AvgIpc) is 0.760. The van der Waals surface area contributed by atoms with Gasteiger partial charge in [-0.2, -0.15) is 0 Å². The summed E-state index contributed by atoms with van der Waals surface area (Å²) in [5, 5.41) is 4.87. The molecule has 20 rings (SSSR count). The van der Waals surface area contributed by atoms with Gasteiger partial charge in [0.05, 0.1) is 39.1 Å². The summed E-state index contributed by atoms with van der Waals surface area (Å²) in [6.07, 6.45) is 0. The van der Waals surface area contributed by atoms with Crippen LogP contribution in [0.3, 0.4) is 0 Å². The molecule has 0 saturated heterocycles. The molecule has 18 aromatic rings. The zero-order valence-corrected chi connectivity index (χ0v) is 59.2. The van der Waals surface area contributed by atoms with E-state index in [2.05, 4.69) is 427 Å². The first-order valence-electron chi connectivity index (χ1n) is 36.8. The van der Waals surface area contributed by atoms with Crippen LogP contribution in [0.2, 0.25) is 0 Å². The summed E-state index contributed by atoms with van der Waals surface area (Å²) in [4.78, 5) is 7.83. The Kier molecular flexibility index (Phi) is 14.8. The van der Waals surface area contributed by atoms with Gasteiger partial charge in [0.2, 0.25) is 0 Å². The Hall–Kier alpha value is -13.4. The maximum Gasteiger partial charge on any atom is 0.252 e. The fourth-order valence-electron chi connectivity index (χ4n) is 17.2. The van der Waals surface area contributed by atoms with Crippen molar-refractivity contribution in [2.24, 2.45) is 0 Å². The third-order valence-corrected chi connectivity index (χ3v) is 22.0. The smallest absolute Gasteiger partial charge is 0.252 e. The van der Waals surface area contributed by atoms with Gasteiger partial charge in [-0.3, -0.25) is 0 Å². The van der Waals surface area contributed by atoms with Gasteiger partial charge in [0.1, 0.15) is 0 Å². The zero-order valence-electron chi connectivity index (χ0n) is 59.2.